The van der Waals surface area contributed by atoms with Crippen LogP contribution in [0.15, 0.2) is 12.1 Å². The van der Waals surface area contributed by atoms with Crippen LogP contribution in [0.2, 0.25) is 0 Å². The van der Waals surface area contributed by atoms with E-state index in [1.54, 1.807) is 0 Å². The van der Waals surface area contributed by atoms with Crippen molar-refractivity contribution in [2.24, 2.45) is 0 Å². The molecule has 2 N–H and O–H groups in total. The summed E-state index contributed by atoms with van der Waals surface area (Å²) in [4.78, 5) is 0. The van der Waals surface area contributed by atoms with Gasteiger partial charge in [-0.3, -0.25) is 0 Å². The van der Waals surface area contributed by atoms with Gasteiger partial charge in [0.1, 0.15) is 5.82 Å². The van der Waals surface area contributed by atoms with Gasteiger partial charge in [-0.15, -0.1) is 0 Å². The van der Waals surface area contributed by atoms with Gasteiger partial charge in [0, 0.05) is 3.57 Å². The van der Waals surface area contributed by atoms with E-state index >= 15 is 0 Å². The standard InChI is InChI=1S/C8H9FIN/c1-2-5-3-6(9)8(11)7(10)4-5/h3-4H,2,11H2,1H3. The van der Waals surface area contributed by atoms with Gasteiger partial charge in [0.15, 0.2) is 0 Å². The fourth-order valence-corrected chi connectivity index (χ4v) is 1.50. The quantitative estimate of drug-likeness (QED) is 0.613. The molecule has 0 amide bonds. The maximum atomic E-state index is 12.9. The molecule has 1 nitrogen and oxygen atoms in total. The number of hydrogen-bond acceptors (Lipinski definition) is 1. The highest BCUT2D eigenvalue weighted by atomic mass is 127. The Kier molecular flexibility index (Phi) is 2.70. The van der Waals surface area contributed by atoms with Gasteiger partial charge in [-0.05, 0) is 46.7 Å². The Balaban J connectivity index is 3.21. The van der Waals surface area contributed by atoms with E-state index in [0.29, 0.717) is 0 Å². The molecule has 0 aliphatic heterocycles. The Morgan fingerprint density at radius 1 is 1.55 bits per heavy atom. The zero-order chi connectivity index (χ0) is 8.43. The van der Waals surface area contributed by atoms with Crippen molar-refractivity contribution < 1.29 is 4.39 Å². The van der Waals surface area contributed by atoms with Crippen LogP contribution in [-0.4, -0.2) is 0 Å². The molecule has 0 saturated carbocycles. The van der Waals surface area contributed by atoms with Gasteiger partial charge in [0.05, 0.1) is 5.69 Å². The van der Waals surface area contributed by atoms with Crippen LogP contribution >= 0.6 is 22.6 Å². The molecule has 1 rings (SSSR count). The summed E-state index contributed by atoms with van der Waals surface area (Å²) >= 11 is 2.03. The number of halogens is 2. The van der Waals surface area contributed by atoms with E-state index in [9.17, 15) is 4.39 Å². The van der Waals surface area contributed by atoms with Crippen molar-refractivity contribution in [2.75, 3.05) is 5.73 Å². The van der Waals surface area contributed by atoms with E-state index in [1.165, 1.54) is 6.07 Å². The van der Waals surface area contributed by atoms with Crippen molar-refractivity contribution in [1.29, 1.82) is 0 Å². The summed E-state index contributed by atoms with van der Waals surface area (Å²) in [6.45, 7) is 1.99. The summed E-state index contributed by atoms with van der Waals surface area (Å²) < 4.78 is 13.7. The summed E-state index contributed by atoms with van der Waals surface area (Å²) in [5, 5.41) is 0. The third kappa shape index (κ3) is 1.83. The van der Waals surface area contributed by atoms with Crippen LogP contribution in [0.4, 0.5) is 10.1 Å². The highest BCUT2D eigenvalue weighted by Gasteiger charge is 2.03. The number of nitrogen functional groups attached to an aromatic ring is 1. The molecule has 0 aliphatic carbocycles. The molecule has 0 bridgehead atoms. The highest BCUT2D eigenvalue weighted by Crippen LogP contribution is 2.20. The molecular weight excluding hydrogens is 256 g/mol. The van der Waals surface area contributed by atoms with Crippen molar-refractivity contribution in [2.45, 2.75) is 13.3 Å². The molecular formula is C8H9FIN. The molecule has 3 heteroatoms. The zero-order valence-corrected chi connectivity index (χ0v) is 8.35. The zero-order valence-electron chi connectivity index (χ0n) is 6.20. The lowest BCUT2D eigenvalue weighted by Gasteiger charge is -2.02. The Bertz CT molecular complexity index is 250. The topological polar surface area (TPSA) is 26.0 Å². The van der Waals surface area contributed by atoms with Crippen LogP contribution in [0.1, 0.15) is 12.5 Å². The fourth-order valence-electron chi connectivity index (χ4n) is 0.841. The Morgan fingerprint density at radius 2 is 2.18 bits per heavy atom. The third-order valence-corrected chi connectivity index (χ3v) is 2.44. The number of anilines is 1. The van der Waals surface area contributed by atoms with Gasteiger partial charge < -0.3 is 5.73 Å². The Morgan fingerprint density at radius 3 is 2.64 bits per heavy atom. The molecule has 0 spiro atoms. The van der Waals surface area contributed by atoms with Crippen molar-refractivity contribution >= 4 is 28.3 Å². The third-order valence-electron chi connectivity index (χ3n) is 1.55. The first-order valence-corrected chi connectivity index (χ1v) is 4.46. The summed E-state index contributed by atoms with van der Waals surface area (Å²) in [5.74, 6) is -0.311. The van der Waals surface area contributed by atoms with E-state index in [-0.39, 0.29) is 11.5 Å². The molecule has 60 valence electrons. The van der Waals surface area contributed by atoms with Crippen molar-refractivity contribution in [3.63, 3.8) is 0 Å². The monoisotopic (exact) mass is 265 g/mol. The minimum atomic E-state index is -0.311. The van der Waals surface area contributed by atoms with Crippen molar-refractivity contribution in [3.8, 4) is 0 Å². The molecule has 0 saturated heterocycles. The molecule has 1 aromatic rings. The molecule has 0 aromatic heterocycles. The van der Waals surface area contributed by atoms with Crippen molar-refractivity contribution in [3.05, 3.63) is 27.1 Å². The SMILES string of the molecule is CCc1cc(F)c(N)c(I)c1. The predicted octanol–water partition coefficient (Wildman–Crippen LogP) is 2.57. The second-order valence-corrected chi connectivity index (χ2v) is 3.49. The van der Waals surface area contributed by atoms with Crippen LogP contribution in [-0.2, 0) is 6.42 Å². The first-order valence-electron chi connectivity index (χ1n) is 3.38. The second-order valence-electron chi connectivity index (χ2n) is 2.33. The smallest absolute Gasteiger partial charge is 0.147 e. The van der Waals surface area contributed by atoms with Crippen molar-refractivity contribution in [1.82, 2.24) is 0 Å². The lowest BCUT2D eigenvalue weighted by molar-refractivity contribution is 0.629. The minimum Gasteiger partial charge on any atom is -0.395 e. The maximum Gasteiger partial charge on any atom is 0.147 e. The van der Waals surface area contributed by atoms with E-state index < -0.39 is 0 Å². The number of nitrogens with two attached hydrogens (primary N) is 1. The highest BCUT2D eigenvalue weighted by molar-refractivity contribution is 14.1. The fraction of sp³-hybridized carbons (Fsp3) is 0.250. The molecule has 0 atom stereocenters. The first-order chi connectivity index (χ1) is 5.15. The Labute approximate surface area is 78.9 Å². The van der Waals surface area contributed by atoms with Gasteiger partial charge in [0.2, 0.25) is 0 Å². The summed E-state index contributed by atoms with van der Waals surface area (Å²) in [7, 11) is 0. The number of benzene rings is 1. The Hall–Kier alpha value is -0.320. The summed E-state index contributed by atoms with van der Waals surface area (Å²) in [6, 6.07) is 3.39. The molecule has 0 fully saturated rings. The van der Waals surface area contributed by atoms with Gasteiger partial charge >= 0.3 is 0 Å². The summed E-state index contributed by atoms with van der Waals surface area (Å²) in [6.07, 6.45) is 0.840. The average Bonchev–Trinajstić information content (AvgIpc) is 1.99. The molecule has 0 unspecified atom stereocenters. The first kappa shape index (κ1) is 8.77. The molecule has 0 aliphatic rings. The predicted molar refractivity (Wildman–Crippen MR) is 52.9 cm³/mol. The van der Waals surface area contributed by atoms with Gasteiger partial charge in [0.25, 0.3) is 0 Å². The normalized spacial score (nSPS) is 10.1. The molecule has 0 heterocycles. The minimum absolute atomic E-state index is 0.253. The van der Waals surface area contributed by atoms with Crippen LogP contribution in [0.3, 0.4) is 0 Å². The average molecular weight is 265 g/mol. The maximum absolute atomic E-state index is 12.9. The number of aryl methyl sites for hydroxylation is 1. The molecule has 11 heavy (non-hydrogen) atoms. The number of rotatable bonds is 1. The van der Waals surface area contributed by atoms with E-state index in [4.69, 9.17) is 5.73 Å². The van der Waals surface area contributed by atoms with Gasteiger partial charge in [-0.1, -0.05) is 6.92 Å². The number of hydrogen-bond donors (Lipinski definition) is 1. The second kappa shape index (κ2) is 3.38. The van der Waals surface area contributed by atoms with E-state index in [1.807, 2.05) is 35.6 Å². The van der Waals surface area contributed by atoms with Gasteiger partial charge in [-0.2, -0.15) is 0 Å². The van der Waals surface area contributed by atoms with Crippen LogP contribution in [0.5, 0.6) is 0 Å². The molecule has 0 radical (unpaired) electrons. The largest absolute Gasteiger partial charge is 0.395 e. The lowest BCUT2D eigenvalue weighted by atomic mass is 10.1. The van der Waals surface area contributed by atoms with Crippen LogP contribution in [0.25, 0.3) is 0 Å². The van der Waals surface area contributed by atoms with E-state index in [2.05, 4.69) is 0 Å². The lowest BCUT2D eigenvalue weighted by Crippen LogP contribution is -1.96. The van der Waals surface area contributed by atoms with E-state index in [0.717, 1.165) is 15.6 Å². The molecule has 1 aromatic carbocycles. The van der Waals surface area contributed by atoms with Gasteiger partial charge in [-0.25, -0.2) is 4.39 Å². The summed E-state index contributed by atoms with van der Waals surface area (Å²) in [5.41, 5.74) is 6.66. The van der Waals surface area contributed by atoms with Crippen LogP contribution < -0.4 is 5.73 Å². The van der Waals surface area contributed by atoms with Crippen LogP contribution in [0, 0.1) is 9.39 Å².